The van der Waals surface area contributed by atoms with E-state index in [1.54, 1.807) is 6.33 Å². The van der Waals surface area contributed by atoms with Crippen LogP contribution in [-0.2, 0) is 19.7 Å². The number of hydrogen-bond acceptors (Lipinski definition) is 8. The quantitative estimate of drug-likeness (QED) is 0.466. The number of imidazole rings is 1. The number of amides is 1. The van der Waals surface area contributed by atoms with Gasteiger partial charge in [-0.05, 0) is 42.9 Å². The van der Waals surface area contributed by atoms with Gasteiger partial charge in [0.15, 0.2) is 11.5 Å². The Hall–Kier alpha value is -3.08. The third kappa shape index (κ3) is 5.46. The Bertz CT molecular complexity index is 1240. The summed E-state index contributed by atoms with van der Waals surface area (Å²) < 4.78 is 14.6. The summed E-state index contributed by atoms with van der Waals surface area (Å²) >= 11 is 0. The molecule has 2 fully saturated rings. The Kier molecular flexibility index (Phi) is 7.15. The standard InChI is InChI=1S/C27H37N7O3/c1-17-33(12-6-5-7-22(35)32-19-10-8-18(9-11-19)27(2,3)4)13-21-24(37-17)20(14-36-21)34-16-31-23-25(28)29-15-30-26(23)34/h8-11,15-17,20-21,24H,5-7,12-14H2,1-4H3,(H,32,35)(H2,28,29,30)/t17?,20?,21-,24+/m1/s1. The zero-order valence-electron chi connectivity index (χ0n) is 22.1. The summed E-state index contributed by atoms with van der Waals surface area (Å²) in [6.07, 6.45) is 5.26. The van der Waals surface area contributed by atoms with E-state index in [1.165, 1.54) is 11.9 Å². The molecule has 4 heterocycles. The van der Waals surface area contributed by atoms with Crippen LogP contribution in [0.5, 0.6) is 0 Å². The minimum absolute atomic E-state index is 0.0185. The molecule has 0 spiro atoms. The lowest BCUT2D eigenvalue weighted by molar-refractivity contribution is -0.168. The summed E-state index contributed by atoms with van der Waals surface area (Å²) in [6.45, 7) is 10.8. The van der Waals surface area contributed by atoms with E-state index >= 15 is 0 Å². The molecule has 5 rings (SSSR count). The van der Waals surface area contributed by atoms with Crippen molar-refractivity contribution in [1.82, 2.24) is 24.4 Å². The summed E-state index contributed by atoms with van der Waals surface area (Å²) in [5.41, 5.74) is 9.44. The average Bonchev–Trinajstić information content (AvgIpc) is 3.46. The fourth-order valence-electron chi connectivity index (χ4n) is 5.19. The first-order valence-electron chi connectivity index (χ1n) is 13.1. The van der Waals surface area contributed by atoms with Crippen LogP contribution >= 0.6 is 0 Å². The largest absolute Gasteiger partial charge is 0.382 e. The molecule has 2 saturated heterocycles. The number of unbranched alkanes of at least 4 members (excludes halogenated alkanes) is 1. The van der Waals surface area contributed by atoms with E-state index in [4.69, 9.17) is 15.2 Å². The lowest BCUT2D eigenvalue weighted by Gasteiger charge is -2.40. The number of benzene rings is 1. The number of aromatic nitrogens is 4. The molecular formula is C27H37N7O3. The van der Waals surface area contributed by atoms with Crippen molar-refractivity contribution in [2.75, 3.05) is 30.7 Å². The molecule has 2 aromatic heterocycles. The second kappa shape index (κ2) is 10.4. The van der Waals surface area contributed by atoms with Crippen LogP contribution < -0.4 is 11.1 Å². The van der Waals surface area contributed by atoms with Gasteiger partial charge in [0.2, 0.25) is 5.91 Å². The van der Waals surface area contributed by atoms with Crippen LogP contribution in [0.1, 0.15) is 58.6 Å². The molecule has 2 unspecified atom stereocenters. The zero-order chi connectivity index (χ0) is 26.2. The highest BCUT2D eigenvalue weighted by molar-refractivity contribution is 5.90. The second-order valence-electron chi connectivity index (χ2n) is 11.0. The zero-order valence-corrected chi connectivity index (χ0v) is 22.1. The Balaban J connectivity index is 1.09. The molecule has 0 radical (unpaired) electrons. The van der Waals surface area contributed by atoms with Crippen LogP contribution in [0.15, 0.2) is 36.9 Å². The van der Waals surface area contributed by atoms with Crippen LogP contribution in [0, 0.1) is 0 Å². The molecule has 10 nitrogen and oxygen atoms in total. The van der Waals surface area contributed by atoms with E-state index in [0.29, 0.717) is 30.0 Å². The van der Waals surface area contributed by atoms with Crippen LogP contribution in [-0.4, -0.2) is 68.5 Å². The summed E-state index contributed by atoms with van der Waals surface area (Å²) in [4.78, 5) is 27.5. The molecule has 2 aliphatic rings. The smallest absolute Gasteiger partial charge is 0.224 e. The fourth-order valence-corrected chi connectivity index (χ4v) is 5.19. The molecule has 1 aromatic carbocycles. The molecule has 37 heavy (non-hydrogen) atoms. The molecule has 0 saturated carbocycles. The molecule has 1 amide bonds. The Morgan fingerprint density at radius 1 is 1.16 bits per heavy atom. The van der Waals surface area contributed by atoms with E-state index in [0.717, 1.165) is 31.6 Å². The number of anilines is 2. The van der Waals surface area contributed by atoms with Gasteiger partial charge in [-0.15, -0.1) is 0 Å². The number of fused-ring (bicyclic) bond motifs is 2. The number of rotatable bonds is 7. The van der Waals surface area contributed by atoms with Gasteiger partial charge >= 0.3 is 0 Å². The van der Waals surface area contributed by atoms with Gasteiger partial charge in [0.25, 0.3) is 0 Å². The van der Waals surface area contributed by atoms with E-state index in [9.17, 15) is 4.79 Å². The first-order chi connectivity index (χ1) is 17.7. The topological polar surface area (TPSA) is 120 Å². The summed E-state index contributed by atoms with van der Waals surface area (Å²) in [5.74, 6) is 0.418. The highest BCUT2D eigenvalue weighted by Crippen LogP contribution is 2.35. The number of nitrogens with two attached hydrogens (primary N) is 1. The summed E-state index contributed by atoms with van der Waals surface area (Å²) in [6, 6.07) is 8.09. The van der Waals surface area contributed by atoms with Gasteiger partial charge in [-0.25, -0.2) is 15.0 Å². The minimum atomic E-state index is -0.0877. The Morgan fingerprint density at radius 3 is 2.70 bits per heavy atom. The van der Waals surface area contributed by atoms with Gasteiger partial charge in [-0.2, -0.15) is 0 Å². The fraction of sp³-hybridized carbons (Fsp3) is 0.556. The number of nitrogen functional groups attached to an aromatic ring is 1. The first-order valence-corrected chi connectivity index (χ1v) is 13.1. The van der Waals surface area contributed by atoms with Gasteiger partial charge < -0.3 is 25.1 Å². The van der Waals surface area contributed by atoms with Gasteiger partial charge in [-0.1, -0.05) is 32.9 Å². The number of carbonyl (C=O) groups is 1. The average molecular weight is 508 g/mol. The second-order valence-corrected chi connectivity index (χ2v) is 11.0. The van der Waals surface area contributed by atoms with Crippen molar-refractivity contribution in [2.24, 2.45) is 0 Å². The molecule has 0 aliphatic carbocycles. The van der Waals surface area contributed by atoms with E-state index in [1.807, 2.05) is 16.7 Å². The number of carbonyl (C=O) groups excluding carboxylic acids is 1. The van der Waals surface area contributed by atoms with Crippen LogP contribution in [0.25, 0.3) is 11.2 Å². The molecular weight excluding hydrogens is 470 g/mol. The van der Waals surface area contributed by atoms with Crippen molar-refractivity contribution in [2.45, 2.75) is 76.9 Å². The SMILES string of the molecule is CC1O[C@H]2C(n3cnc4c(N)ncnc43)CO[C@@H]2CN1CCCCC(=O)Nc1ccc(C(C)(C)C)cc1. The maximum Gasteiger partial charge on any atom is 0.224 e. The predicted molar refractivity (Wildman–Crippen MR) is 142 cm³/mol. The van der Waals surface area contributed by atoms with E-state index in [-0.39, 0.29) is 35.8 Å². The normalized spacial score (nSPS) is 24.3. The van der Waals surface area contributed by atoms with Gasteiger partial charge in [0.1, 0.15) is 24.2 Å². The lowest BCUT2D eigenvalue weighted by atomic mass is 9.87. The lowest BCUT2D eigenvalue weighted by Crippen LogP contribution is -2.53. The summed E-state index contributed by atoms with van der Waals surface area (Å²) in [5, 5.41) is 3.01. The molecule has 0 bridgehead atoms. The number of nitrogens with zero attached hydrogens (tertiary/aromatic N) is 5. The van der Waals surface area contributed by atoms with Crippen molar-refractivity contribution >= 4 is 28.6 Å². The molecule has 10 heteroatoms. The molecule has 2 aliphatic heterocycles. The van der Waals surface area contributed by atoms with Crippen molar-refractivity contribution < 1.29 is 14.3 Å². The third-order valence-electron chi connectivity index (χ3n) is 7.39. The van der Waals surface area contributed by atoms with Crippen LogP contribution in [0.4, 0.5) is 11.5 Å². The molecule has 198 valence electrons. The highest BCUT2D eigenvalue weighted by atomic mass is 16.6. The number of hydrogen-bond donors (Lipinski definition) is 2. The predicted octanol–water partition coefficient (Wildman–Crippen LogP) is 3.50. The number of nitrogens with one attached hydrogen (secondary N) is 1. The van der Waals surface area contributed by atoms with Crippen molar-refractivity contribution in [3.63, 3.8) is 0 Å². The van der Waals surface area contributed by atoms with Crippen molar-refractivity contribution in [1.29, 1.82) is 0 Å². The molecule has 3 N–H and O–H groups in total. The van der Waals surface area contributed by atoms with Crippen molar-refractivity contribution in [3.8, 4) is 0 Å². The van der Waals surface area contributed by atoms with E-state index < -0.39 is 0 Å². The van der Waals surface area contributed by atoms with Crippen molar-refractivity contribution in [3.05, 3.63) is 42.5 Å². The summed E-state index contributed by atoms with van der Waals surface area (Å²) in [7, 11) is 0. The van der Waals surface area contributed by atoms with Crippen LogP contribution in [0.3, 0.4) is 0 Å². The van der Waals surface area contributed by atoms with Gasteiger partial charge in [-0.3, -0.25) is 9.69 Å². The number of ether oxygens (including phenoxy) is 2. The van der Waals surface area contributed by atoms with E-state index in [2.05, 4.69) is 65.0 Å². The maximum absolute atomic E-state index is 12.4. The van der Waals surface area contributed by atoms with Gasteiger partial charge in [0.05, 0.1) is 25.1 Å². The first kappa shape index (κ1) is 25.6. The Labute approximate surface area is 217 Å². The highest BCUT2D eigenvalue weighted by Gasteiger charge is 2.45. The minimum Gasteiger partial charge on any atom is -0.382 e. The monoisotopic (exact) mass is 507 g/mol. The molecule has 4 atom stereocenters. The third-order valence-corrected chi connectivity index (χ3v) is 7.39. The van der Waals surface area contributed by atoms with Crippen LogP contribution in [0.2, 0.25) is 0 Å². The van der Waals surface area contributed by atoms with Gasteiger partial charge in [0, 0.05) is 25.2 Å². The molecule has 3 aromatic rings. The Morgan fingerprint density at radius 2 is 1.95 bits per heavy atom. The maximum atomic E-state index is 12.4.